The van der Waals surface area contributed by atoms with E-state index in [4.69, 9.17) is 0 Å². The highest BCUT2D eigenvalue weighted by molar-refractivity contribution is 4.27. The molecule has 0 aliphatic heterocycles. The van der Waals surface area contributed by atoms with Crippen molar-refractivity contribution in [3.63, 3.8) is 0 Å². The van der Waals surface area contributed by atoms with Gasteiger partial charge in [0.25, 0.3) is 0 Å². The molecule has 0 saturated carbocycles. The van der Waals surface area contributed by atoms with Gasteiger partial charge in [0.1, 0.15) is 0 Å². The van der Waals surface area contributed by atoms with Gasteiger partial charge in [-0.15, -0.1) is 0 Å². The summed E-state index contributed by atoms with van der Waals surface area (Å²) in [6.45, 7) is 0. The summed E-state index contributed by atoms with van der Waals surface area (Å²) >= 11 is 0. The minimum absolute atomic E-state index is 0.0312. The zero-order valence-corrected chi connectivity index (χ0v) is 4.62. The summed E-state index contributed by atoms with van der Waals surface area (Å²) in [6, 6.07) is 0. The van der Waals surface area contributed by atoms with Crippen molar-refractivity contribution in [3.8, 4) is 0 Å². The van der Waals surface area contributed by atoms with Crippen LogP contribution in [0.4, 0.5) is 0 Å². The fourth-order valence-corrected chi connectivity index (χ4v) is 0.145. The van der Waals surface area contributed by atoms with Crippen LogP contribution in [0, 0.1) is 10.4 Å². The SMILES string of the molecule is CNN([O-])ON(C)[O-]. The van der Waals surface area contributed by atoms with Gasteiger partial charge in [0.05, 0.1) is 0 Å². The van der Waals surface area contributed by atoms with Crippen molar-refractivity contribution >= 4 is 0 Å². The van der Waals surface area contributed by atoms with Crippen LogP contribution < -0.4 is 5.43 Å². The van der Waals surface area contributed by atoms with E-state index in [1.807, 2.05) is 5.43 Å². The molecule has 8 heavy (non-hydrogen) atoms. The first-order valence-corrected chi connectivity index (χ1v) is 1.90. The Hall–Kier alpha value is -0.240. The Balaban J connectivity index is 3.10. The summed E-state index contributed by atoms with van der Waals surface area (Å²) in [6.07, 6.45) is 0. The van der Waals surface area contributed by atoms with Gasteiger partial charge in [0, 0.05) is 14.1 Å². The number of nitrogens with zero attached hydrogens (tertiary/aromatic N) is 2. The fourth-order valence-electron chi connectivity index (χ4n) is 0.145. The monoisotopic (exact) mass is 121 g/mol. The van der Waals surface area contributed by atoms with Crippen LogP contribution in [0.15, 0.2) is 0 Å². The molecule has 0 aliphatic rings. The molecule has 0 fully saturated rings. The summed E-state index contributed by atoms with van der Waals surface area (Å²) in [5, 5.41) is 19.8. The van der Waals surface area contributed by atoms with Crippen LogP contribution in [-0.2, 0) is 4.94 Å². The second-order valence-electron chi connectivity index (χ2n) is 1.00. The number of nitrogens with one attached hydrogen (secondary N) is 1. The van der Waals surface area contributed by atoms with Crippen LogP contribution in [-0.4, -0.2) is 24.7 Å². The lowest BCUT2D eigenvalue weighted by molar-refractivity contribution is -0.289. The molecule has 0 aliphatic carbocycles. The molecule has 0 aromatic carbocycles. The van der Waals surface area contributed by atoms with Crippen molar-refractivity contribution in [2.45, 2.75) is 0 Å². The lowest BCUT2D eigenvalue weighted by Gasteiger charge is -2.32. The molecule has 0 radical (unpaired) electrons. The van der Waals surface area contributed by atoms with E-state index in [0.29, 0.717) is 0 Å². The maximum Gasteiger partial charge on any atom is 0.00108 e. The summed E-state index contributed by atoms with van der Waals surface area (Å²) < 4.78 is 0. The smallest absolute Gasteiger partial charge is 0.00108 e. The third-order valence-electron chi connectivity index (χ3n) is 0.372. The van der Waals surface area contributed by atoms with Crippen LogP contribution in [0.25, 0.3) is 0 Å². The molecule has 6 heteroatoms. The maximum atomic E-state index is 9.96. The van der Waals surface area contributed by atoms with Gasteiger partial charge >= 0.3 is 0 Å². The van der Waals surface area contributed by atoms with Gasteiger partial charge in [0.2, 0.25) is 0 Å². The van der Waals surface area contributed by atoms with E-state index < -0.39 is 0 Å². The van der Waals surface area contributed by atoms with Crippen molar-refractivity contribution < 1.29 is 4.94 Å². The van der Waals surface area contributed by atoms with Crippen molar-refractivity contribution in [3.05, 3.63) is 10.4 Å². The van der Waals surface area contributed by atoms with Gasteiger partial charge in [-0.3, -0.25) is 0 Å². The Morgan fingerprint density at radius 3 is 2.12 bits per heavy atom. The van der Waals surface area contributed by atoms with E-state index in [0.717, 1.165) is 7.05 Å². The lowest BCUT2D eigenvalue weighted by atomic mass is 11.5. The Bertz CT molecular complexity index is 58.5. The molecular weight excluding hydrogens is 114 g/mol. The molecule has 0 bridgehead atoms. The fraction of sp³-hybridized carbons (Fsp3) is 1.00. The van der Waals surface area contributed by atoms with Crippen LogP contribution >= 0.6 is 0 Å². The van der Waals surface area contributed by atoms with Crippen LogP contribution in [0.1, 0.15) is 0 Å². The molecule has 1 N–H and O–H groups in total. The number of hydrogen-bond donors (Lipinski definition) is 1. The number of rotatable bonds is 3. The van der Waals surface area contributed by atoms with Gasteiger partial charge in [-0.1, -0.05) is 0 Å². The highest BCUT2D eigenvalue weighted by Crippen LogP contribution is 1.81. The quantitative estimate of drug-likeness (QED) is 0.492. The largest absolute Gasteiger partial charge is 0.761 e. The first kappa shape index (κ1) is 7.76. The van der Waals surface area contributed by atoms with Crippen molar-refractivity contribution in [2.75, 3.05) is 14.1 Å². The molecule has 0 unspecified atom stereocenters. The third kappa shape index (κ3) is 3.93. The zero-order valence-electron chi connectivity index (χ0n) is 4.62. The van der Waals surface area contributed by atoms with Crippen molar-refractivity contribution in [2.24, 2.45) is 0 Å². The molecule has 0 aromatic heterocycles. The molecule has 0 rings (SSSR count). The number of hydrazine groups is 1. The molecule has 0 spiro atoms. The van der Waals surface area contributed by atoms with Crippen LogP contribution in [0.5, 0.6) is 0 Å². The molecule has 0 atom stereocenters. The van der Waals surface area contributed by atoms with E-state index in [9.17, 15) is 10.4 Å². The van der Waals surface area contributed by atoms with E-state index in [1.54, 1.807) is 0 Å². The molecule has 50 valence electrons. The summed E-state index contributed by atoms with van der Waals surface area (Å²) in [5.41, 5.74) is 2.01. The Kier molecular flexibility index (Phi) is 3.61. The standard InChI is InChI=1S/C2H7N3O3/c1-3-5(7)8-4(2)6/h3H,1-2H3/q-2. The predicted octanol–water partition coefficient (Wildman–Crippen LogP) is -0.803. The van der Waals surface area contributed by atoms with Crippen LogP contribution in [0.2, 0.25) is 0 Å². The van der Waals surface area contributed by atoms with Gasteiger partial charge in [-0.2, -0.15) is 5.34 Å². The molecule has 0 aromatic rings. The Labute approximate surface area is 46.7 Å². The van der Waals surface area contributed by atoms with Crippen molar-refractivity contribution in [1.82, 2.24) is 16.0 Å². The predicted molar refractivity (Wildman–Crippen MR) is 26.5 cm³/mol. The highest BCUT2D eigenvalue weighted by atomic mass is 17.1. The topological polar surface area (TPSA) is 73.9 Å². The summed E-state index contributed by atoms with van der Waals surface area (Å²) in [5.74, 6) is 0. The van der Waals surface area contributed by atoms with Gasteiger partial charge in [-0.25, -0.2) is 15.6 Å². The van der Waals surface area contributed by atoms with E-state index in [1.165, 1.54) is 7.05 Å². The molecule has 0 amide bonds. The molecule has 6 nitrogen and oxygen atoms in total. The minimum atomic E-state index is -0.0625. The van der Waals surface area contributed by atoms with Gasteiger partial charge < -0.3 is 10.4 Å². The zero-order chi connectivity index (χ0) is 6.57. The van der Waals surface area contributed by atoms with E-state index in [-0.39, 0.29) is 10.6 Å². The maximum absolute atomic E-state index is 9.96. The average Bonchev–Trinajstić information content (AvgIpc) is 1.65. The third-order valence-corrected chi connectivity index (χ3v) is 0.372. The van der Waals surface area contributed by atoms with Crippen molar-refractivity contribution in [1.29, 1.82) is 0 Å². The Morgan fingerprint density at radius 1 is 1.50 bits per heavy atom. The van der Waals surface area contributed by atoms with E-state index >= 15 is 0 Å². The molecule has 0 saturated heterocycles. The normalized spacial score (nSPS) is 11.2. The minimum Gasteiger partial charge on any atom is -0.761 e. The summed E-state index contributed by atoms with van der Waals surface area (Å²) in [4.78, 5) is 3.84. The number of hydroxylamine groups is 2. The number of hydrogen-bond acceptors (Lipinski definition) is 6. The first-order valence-electron chi connectivity index (χ1n) is 1.90. The average molecular weight is 121 g/mol. The van der Waals surface area contributed by atoms with E-state index in [2.05, 4.69) is 4.94 Å². The van der Waals surface area contributed by atoms with Crippen LogP contribution in [0.3, 0.4) is 0 Å². The lowest BCUT2D eigenvalue weighted by Crippen LogP contribution is -2.33. The second kappa shape index (κ2) is 3.72. The first-order chi connectivity index (χ1) is 3.66. The summed E-state index contributed by atoms with van der Waals surface area (Å²) in [7, 11) is 2.39. The Morgan fingerprint density at radius 2 is 2.00 bits per heavy atom. The molecule has 0 heterocycles. The van der Waals surface area contributed by atoms with Gasteiger partial charge in [0.15, 0.2) is 0 Å². The van der Waals surface area contributed by atoms with Gasteiger partial charge in [-0.05, 0) is 0 Å². The highest BCUT2D eigenvalue weighted by Gasteiger charge is 1.80. The second-order valence-corrected chi connectivity index (χ2v) is 1.00. The molecular formula is C2H7N3O3-2.